The molecule has 17 heavy (non-hydrogen) atoms. The maximum atomic E-state index is 10.9. The Balaban J connectivity index is 3.17. The number of hydrogen-bond acceptors (Lipinski definition) is 5. The van der Waals surface area contributed by atoms with Crippen LogP contribution in [0.5, 0.6) is 0 Å². The topological polar surface area (TPSA) is 164 Å². The van der Waals surface area contributed by atoms with Crippen molar-refractivity contribution in [2.45, 2.75) is 12.2 Å². The minimum Gasteiger partial charge on any atom is -0.481 e. The van der Waals surface area contributed by atoms with Crippen LogP contribution in [-0.2, 0) is 23.9 Å². The van der Waals surface area contributed by atoms with E-state index in [0.29, 0.717) is 0 Å². The molecule has 0 saturated carbocycles. The number of carbonyl (C=O) groups excluding carboxylic acids is 1. The zero-order valence-corrected chi connectivity index (χ0v) is 8.27. The molecule has 1 aliphatic heterocycles. The molecule has 1 aliphatic rings. The zero-order valence-electron chi connectivity index (χ0n) is 8.27. The molecule has 4 unspecified atom stereocenters. The minimum absolute atomic E-state index is 1.22. The van der Waals surface area contributed by atoms with Gasteiger partial charge in [-0.2, -0.15) is 0 Å². The van der Waals surface area contributed by atoms with Crippen LogP contribution >= 0.6 is 0 Å². The fraction of sp³-hybridized carbons (Fsp3) is 0.500. The van der Waals surface area contributed by atoms with Crippen LogP contribution in [0.3, 0.4) is 0 Å². The highest BCUT2D eigenvalue weighted by Gasteiger charge is 2.57. The summed E-state index contributed by atoms with van der Waals surface area (Å²) in [6.45, 7) is 0. The first-order valence-electron chi connectivity index (χ1n) is 4.40. The van der Waals surface area contributed by atoms with Gasteiger partial charge in [-0.3, -0.25) is 14.4 Å². The highest BCUT2D eigenvalue weighted by molar-refractivity contribution is 5.93. The van der Waals surface area contributed by atoms with Gasteiger partial charge in [0.1, 0.15) is 11.8 Å². The SMILES string of the molecule is NC(=O)C1OC(C(=O)O)C(C(=O)O)C1C(=O)O. The lowest BCUT2D eigenvalue weighted by Gasteiger charge is -2.13. The highest BCUT2D eigenvalue weighted by Crippen LogP contribution is 2.33. The van der Waals surface area contributed by atoms with E-state index in [0.717, 1.165) is 0 Å². The number of primary amides is 1. The molecule has 0 aromatic heterocycles. The smallest absolute Gasteiger partial charge is 0.333 e. The average Bonchev–Trinajstić information content (AvgIpc) is 2.56. The average molecular weight is 247 g/mol. The van der Waals surface area contributed by atoms with Gasteiger partial charge in [0, 0.05) is 0 Å². The monoisotopic (exact) mass is 247 g/mol. The van der Waals surface area contributed by atoms with Gasteiger partial charge in [0.25, 0.3) is 0 Å². The van der Waals surface area contributed by atoms with Gasteiger partial charge in [0.05, 0.1) is 0 Å². The predicted octanol–water partition coefficient (Wildman–Crippen LogP) is -2.27. The molecule has 94 valence electrons. The summed E-state index contributed by atoms with van der Waals surface area (Å²) in [6, 6.07) is 0. The number of carboxylic acid groups (broad SMARTS) is 3. The molecule has 0 bridgehead atoms. The van der Waals surface area contributed by atoms with Crippen molar-refractivity contribution in [3.63, 3.8) is 0 Å². The van der Waals surface area contributed by atoms with Crippen molar-refractivity contribution < 1.29 is 39.2 Å². The van der Waals surface area contributed by atoms with Gasteiger partial charge < -0.3 is 25.8 Å². The zero-order chi connectivity index (χ0) is 13.3. The molecule has 1 heterocycles. The van der Waals surface area contributed by atoms with E-state index in [4.69, 9.17) is 21.1 Å². The third-order valence-corrected chi connectivity index (χ3v) is 2.43. The summed E-state index contributed by atoms with van der Waals surface area (Å²) < 4.78 is 4.60. The molecular weight excluding hydrogens is 238 g/mol. The maximum absolute atomic E-state index is 10.9. The van der Waals surface area contributed by atoms with Crippen molar-refractivity contribution in [3.05, 3.63) is 0 Å². The van der Waals surface area contributed by atoms with Crippen LogP contribution in [0.25, 0.3) is 0 Å². The Morgan fingerprint density at radius 1 is 0.824 bits per heavy atom. The van der Waals surface area contributed by atoms with E-state index in [9.17, 15) is 19.2 Å². The van der Waals surface area contributed by atoms with Crippen LogP contribution < -0.4 is 5.73 Å². The second-order valence-corrected chi connectivity index (χ2v) is 3.45. The van der Waals surface area contributed by atoms with Crippen LogP contribution in [-0.4, -0.2) is 51.3 Å². The Morgan fingerprint density at radius 2 is 1.24 bits per heavy atom. The molecule has 0 aromatic carbocycles. The molecule has 1 saturated heterocycles. The molecule has 1 fully saturated rings. The first kappa shape index (κ1) is 12.9. The molecule has 1 amide bonds. The number of rotatable bonds is 4. The molecule has 0 aliphatic carbocycles. The van der Waals surface area contributed by atoms with E-state index in [2.05, 4.69) is 4.74 Å². The standard InChI is InChI=1S/C8H9NO8/c9-5(10)3-1(6(11)12)2(7(13)14)4(17-3)8(15)16/h1-4H,(H2,9,10)(H,11,12)(H,13,14)(H,15,16). The van der Waals surface area contributed by atoms with E-state index < -0.39 is 47.9 Å². The van der Waals surface area contributed by atoms with Gasteiger partial charge in [-0.25, -0.2) is 4.79 Å². The minimum atomic E-state index is -1.91. The number of carboxylic acids is 3. The van der Waals surface area contributed by atoms with Crippen molar-refractivity contribution >= 4 is 23.8 Å². The van der Waals surface area contributed by atoms with E-state index >= 15 is 0 Å². The summed E-state index contributed by atoms with van der Waals surface area (Å²) in [5.74, 6) is -9.87. The maximum Gasteiger partial charge on any atom is 0.333 e. The Morgan fingerprint density at radius 3 is 1.53 bits per heavy atom. The summed E-state index contributed by atoms with van der Waals surface area (Å²) >= 11 is 0. The van der Waals surface area contributed by atoms with Crippen LogP contribution in [0.4, 0.5) is 0 Å². The Hall–Kier alpha value is -2.16. The second kappa shape index (κ2) is 4.37. The van der Waals surface area contributed by atoms with Crippen LogP contribution in [0, 0.1) is 11.8 Å². The number of ether oxygens (including phenoxy) is 1. The molecule has 0 aromatic rings. The van der Waals surface area contributed by atoms with Crippen LogP contribution in [0.2, 0.25) is 0 Å². The molecule has 1 rings (SSSR count). The third-order valence-electron chi connectivity index (χ3n) is 2.43. The normalized spacial score (nSPS) is 32.0. The van der Waals surface area contributed by atoms with Gasteiger partial charge in [-0.05, 0) is 0 Å². The van der Waals surface area contributed by atoms with Gasteiger partial charge in [-0.1, -0.05) is 0 Å². The Kier molecular flexibility index (Phi) is 3.32. The van der Waals surface area contributed by atoms with E-state index in [1.54, 1.807) is 0 Å². The molecule has 9 nitrogen and oxygen atoms in total. The summed E-state index contributed by atoms with van der Waals surface area (Å²) in [5, 5.41) is 26.3. The van der Waals surface area contributed by atoms with Crippen molar-refractivity contribution in [2.75, 3.05) is 0 Å². The highest BCUT2D eigenvalue weighted by atomic mass is 16.5. The second-order valence-electron chi connectivity index (χ2n) is 3.45. The van der Waals surface area contributed by atoms with E-state index in [-0.39, 0.29) is 0 Å². The molecule has 4 atom stereocenters. The Bertz CT molecular complexity index is 355. The van der Waals surface area contributed by atoms with E-state index in [1.165, 1.54) is 0 Å². The van der Waals surface area contributed by atoms with Crippen molar-refractivity contribution in [1.29, 1.82) is 0 Å². The number of aliphatic carboxylic acids is 3. The lowest BCUT2D eigenvalue weighted by atomic mass is 9.87. The first-order chi connectivity index (χ1) is 7.77. The summed E-state index contributed by atoms with van der Waals surface area (Å²) in [7, 11) is 0. The van der Waals surface area contributed by atoms with Crippen molar-refractivity contribution in [3.8, 4) is 0 Å². The molecule has 0 radical (unpaired) electrons. The van der Waals surface area contributed by atoms with Gasteiger partial charge in [-0.15, -0.1) is 0 Å². The number of carbonyl (C=O) groups is 4. The first-order valence-corrected chi connectivity index (χ1v) is 4.40. The number of hydrogen-bond donors (Lipinski definition) is 4. The van der Waals surface area contributed by atoms with Gasteiger partial charge in [0.2, 0.25) is 5.91 Å². The number of nitrogens with two attached hydrogens (primary N) is 1. The summed E-state index contributed by atoms with van der Waals surface area (Å²) in [4.78, 5) is 43.3. The van der Waals surface area contributed by atoms with E-state index in [1.807, 2.05) is 0 Å². The molecule has 5 N–H and O–H groups in total. The summed E-state index contributed by atoms with van der Waals surface area (Å²) in [6.07, 6.45) is -3.68. The van der Waals surface area contributed by atoms with Gasteiger partial charge in [0.15, 0.2) is 12.2 Å². The molecule has 9 heteroatoms. The lowest BCUT2D eigenvalue weighted by Crippen LogP contribution is -2.41. The van der Waals surface area contributed by atoms with Crippen molar-refractivity contribution in [2.24, 2.45) is 17.6 Å². The van der Waals surface area contributed by atoms with Crippen LogP contribution in [0.1, 0.15) is 0 Å². The van der Waals surface area contributed by atoms with Crippen LogP contribution in [0.15, 0.2) is 0 Å². The number of amides is 1. The van der Waals surface area contributed by atoms with Crippen molar-refractivity contribution in [1.82, 2.24) is 0 Å². The third kappa shape index (κ3) is 2.18. The predicted molar refractivity (Wildman–Crippen MR) is 47.7 cm³/mol. The Labute approximate surface area is 93.8 Å². The van der Waals surface area contributed by atoms with Gasteiger partial charge >= 0.3 is 17.9 Å². The largest absolute Gasteiger partial charge is 0.481 e. The quantitative estimate of drug-likeness (QED) is 0.431. The molecule has 0 spiro atoms. The molecular formula is C8H9NO8. The fourth-order valence-corrected chi connectivity index (χ4v) is 1.73. The fourth-order valence-electron chi connectivity index (χ4n) is 1.73. The lowest BCUT2D eigenvalue weighted by molar-refractivity contribution is -0.159. The summed E-state index contributed by atoms with van der Waals surface area (Å²) in [5.41, 5.74) is 4.84.